The van der Waals surface area contributed by atoms with Crippen LogP contribution >= 0.6 is 0 Å². The summed E-state index contributed by atoms with van der Waals surface area (Å²) in [6.45, 7) is 4.65. The molecule has 1 saturated carbocycles. The number of aromatic nitrogens is 1. The average molecular weight is 483 g/mol. The minimum atomic E-state index is -0.474. The molecule has 2 nitrogen and oxygen atoms in total. The molecule has 2 aromatic heterocycles. The normalized spacial score (nSPS) is 17.3. The van der Waals surface area contributed by atoms with E-state index in [0.717, 1.165) is 81.0 Å². The molecule has 6 aromatic rings. The van der Waals surface area contributed by atoms with Crippen LogP contribution in [-0.4, -0.2) is 4.98 Å². The van der Waals surface area contributed by atoms with Gasteiger partial charge in [-0.15, -0.1) is 0 Å². The molecule has 1 aliphatic rings. The predicted molar refractivity (Wildman–Crippen MR) is 155 cm³/mol. The average Bonchev–Trinajstić information content (AvgIpc) is 3.34. The standard InChI is InChI=1S/C35H31NO/c1-35(2)19-16-25(17-20-35)23-10-12-24(13-11-23)27-18-21-36-32(22-27)31-9-5-8-29-30-15-14-26-6-3-4-7-28(26)33(30)37-34(29)31/h3-15,18,21-22,25H,16-17,19-20H2,1-2H3/i25D. The first-order valence-corrected chi connectivity index (χ1v) is 13.3. The van der Waals surface area contributed by atoms with E-state index in [2.05, 4.69) is 105 Å². The fourth-order valence-electron chi connectivity index (χ4n) is 5.90. The van der Waals surface area contributed by atoms with E-state index in [9.17, 15) is 0 Å². The van der Waals surface area contributed by atoms with Gasteiger partial charge in [-0.1, -0.05) is 80.6 Å². The number of nitrogens with zero attached hydrogens (tertiary/aromatic N) is 1. The molecular weight excluding hydrogens is 450 g/mol. The van der Waals surface area contributed by atoms with E-state index >= 15 is 0 Å². The summed E-state index contributed by atoms with van der Waals surface area (Å²) >= 11 is 0. The summed E-state index contributed by atoms with van der Waals surface area (Å²) in [5, 5.41) is 4.54. The predicted octanol–water partition coefficient (Wildman–Crippen LogP) is 10.2. The molecule has 2 heterocycles. The van der Waals surface area contributed by atoms with Crippen molar-refractivity contribution in [2.75, 3.05) is 0 Å². The molecule has 0 amide bonds. The van der Waals surface area contributed by atoms with Crippen LogP contribution in [0.15, 0.2) is 102 Å². The largest absolute Gasteiger partial charge is 0.455 e. The molecule has 37 heavy (non-hydrogen) atoms. The summed E-state index contributed by atoms with van der Waals surface area (Å²) in [6.07, 6.45) is 5.94. The minimum absolute atomic E-state index is 0.355. The van der Waals surface area contributed by atoms with Gasteiger partial charge in [0.05, 0.1) is 5.69 Å². The van der Waals surface area contributed by atoms with Gasteiger partial charge in [0.25, 0.3) is 0 Å². The summed E-state index contributed by atoms with van der Waals surface area (Å²) in [6, 6.07) is 31.9. The molecule has 0 atom stereocenters. The highest BCUT2D eigenvalue weighted by Crippen LogP contribution is 2.43. The van der Waals surface area contributed by atoms with Gasteiger partial charge >= 0.3 is 0 Å². The topological polar surface area (TPSA) is 26.0 Å². The fourth-order valence-corrected chi connectivity index (χ4v) is 5.90. The summed E-state index contributed by atoms with van der Waals surface area (Å²) < 4.78 is 15.7. The Kier molecular flexibility index (Phi) is 4.92. The van der Waals surface area contributed by atoms with Crippen LogP contribution in [0.4, 0.5) is 0 Å². The maximum atomic E-state index is 9.11. The molecule has 0 aliphatic heterocycles. The number of rotatable bonds is 3. The van der Waals surface area contributed by atoms with Gasteiger partial charge in [-0.25, -0.2) is 0 Å². The Balaban J connectivity index is 1.26. The summed E-state index contributed by atoms with van der Waals surface area (Å²) in [7, 11) is 0. The Morgan fingerprint density at radius 3 is 2.35 bits per heavy atom. The first-order chi connectivity index (χ1) is 18.4. The van der Waals surface area contributed by atoms with Gasteiger partial charge in [-0.2, -0.15) is 0 Å². The van der Waals surface area contributed by atoms with Crippen LogP contribution < -0.4 is 0 Å². The van der Waals surface area contributed by atoms with Gasteiger partial charge in [-0.3, -0.25) is 4.98 Å². The summed E-state index contributed by atoms with van der Waals surface area (Å²) in [5.74, 6) is -0.474. The second kappa shape index (κ2) is 8.59. The number of para-hydroxylation sites is 1. The lowest BCUT2D eigenvalue weighted by atomic mass is 9.71. The van der Waals surface area contributed by atoms with Crippen molar-refractivity contribution in [1.82, 2.24) is 4.98 Å². The second-order valence-electron chi connectivity index (χ2n) is 11.2. The number of hydrogen-bond donors (Lipinski definition) is 0. The molecule has 2 heteroatoms. The second-order valence-corrected chi connectivity index (χ2v) is 11.2. The third kappa shape index (κ3) is 3.92. The zero-order valence-electron chi connectivity index (χ0n) is 22.4. The zero-order valence-corrected chi connectivity index (χ0v) is 21.4. The van der Waals surface area contributed by atoms with Gasteiger partial charge in [0.1, 0.15) is 11.2 Å². The maximum Gasteiger partial charge on any atom is 0.144 e. The van der Waals surface area contributed by atoms with E-state index in [1.807, 2.05) is 6.20 Å². The van der Waals surface area contributed by atoms with Crippen molar-refractivity contribution in [3.05, 3.63) is 103 Å². The van der Waals surface area contributed by atoms with Crippen LogP contribution in [0.2, 0.25) is 0 Å². The molecule has 0 spiro atoms. The highest BCUT2D eigenvalue weighted by Gasteiger charge is 2.27. The highest BCUT2D eigenvalue weighted by atomic mass is 16.3. The molecule has 182 valence electrons. The molecular formula is C35H31NO. The van der Waals surface area contributed by atoms with Crippen molar-refractivity contribution in [3.8, 4) is 22.4 Å². The van der Waals surface area contributed by atoms with E-state index in [1.165, 1.54) is 5.39 Å². The van der Waals surface area contributed by atoms with Crippen LogP contribution in [-0.2, 0) is 0 Å². The van der Waals surface area contributed by atoms with Gasteiger partial charge in [0, 0.05) is 29.3 Å². The van der Waals surface area contributed by atoms with Crippen LogP contribution in [0.5, 0.6) is 0 Å². The number of benzene rings is 4. The van der Waals surface area contributed by atoms with Crippen molar-refractivity contribution in [1.29, 1.82) is 0 Å². The van der Waals surface area contributed by atoms with Crippen LogP contribution in [0.3, 0.4) is 0 Å². The summed E-state index contributed by atoms with van der Waals surface area (Å²) in [5.41, 5.74) is 7.42. The third-order valence-corrected chi connectivity index (χ3v) is 8.26. The lowest BCUT2D eigenvalue weighted by Gasteiger charge is -2.34. The molecule has 0 saturated heterocycles. The highest BCUT2D eigenvalue weighted by molar-refractivity contribution is 6.17. The monoisotopic (exact) mass is 482 g/mol. The van der Waals surface area contributed by atoms with E-state index in [0.29, 0.717) is 5.41 Å². The van der Waals surface area contributed by atoms with Crippen LogP contribution in [0.1, 0.15) is 52.4 Å². The number of furan rings is 1. The number of pyridine rings is 1. The summed E-state index contributed by atoms with van der Waals surface area (Å²) in [4.78, 5) is 4.74. The van der Waals surface area contributed by atoms with Crippen molar-refractivity contribution >= 4 is 32.7 Å². The van der Waals surface area contributed by atoms with Gasteiger partial charge in [-0.05, 0) is 83.3 Å². The van der Waals surface area contributed by atoms with Crippen molar-refractivity contribution in [2.24, 2.45) is 5.41 Å². The van der Waals surface area contributed by atoms with E-state index < -0.39 is 5.89 Å². The Labute approximate surface area is 219 Å². The lowest BCUT2D eigenvalue weighted by molar-refractivity contribution is 0.224. The van der Waals surface area contributed by atoms with Crippen molar-refractivity contribution in [2.45, 2.75) is 45.4 Å². The molecule has 0 bridgehead atoms. The van der Waals surface area contributed by atoms with Crippen molar-refractivity contribution in [3.63, 3.8) is 0 Å². The number of hydrogen-bond acceptors (Lipinski definition) is 2. The minimum Gasteiger partial charge on any atom is -0.455 e. The Hall–Kier alpha value is -3.91. The molecule has 4 aromatic carbocycles. The SMILES string of the molecule is [2H]C1(c2ccc(-c3ccnc(-c4cccc5c4oc4c6ccccc6ccc54)c3)cc2)CCC(C)(C)CC1. The third-order valence-electron chi connectivity index (χ3n) is 8.26. The van der Waals surface area contributed by atoms with Crippen molar-refractivity contribution < 1.29 is 5.79 Å². The van der Waals surface area contributed by atoms with Gasteiger partial charge in [0.15, 0.2) is 0 Å². The van der Waals surface area contributed by atoms with E-state index in [-0.39, 0.29) is 0 Å². The van der Waals surface area contributed by atoms with E-state index in [4.69, 9.17) is 10.8 Å². The zero-order chi connectivity index (χ0) is 25.9. The molecule has 7 rings (SSSR count). The number of fused-ring (bicyclic) bond motifs is 5. The molecule has 0 unspecified atom stereocenters. The lowest BCUT2D eigenvalue weighted by Crippen LogP contribution is -2.20. The molecule has 1 aliphatic carbocycles. The van der Waals surface area contributed by atoms with Crippen LogP contribution in [0, 0.1) is 5.41 Å². The first kappa shape index (κ1) is 21.2. The maximum absolute atomic E-state index is 9.11. The van der Waals surface area contributed by atoms with Gasteiger partial charge in [0.2, 0.25) is 0 Å². The first-order valence-electron chi connectivity index (χ1n) is 13.8. The van der Waals surface area contributed by atoms with E-state index in [1.54, 1.807) is 0 Å². The van der Waals surface area contributed by atoms with Crippen LogP contribution in [0.25, 0.3) is 55.1 Å². The van der Waals surface area contributed by atoms with Gasteiger partial charge < -0.3 is 4.42 Å². The quantitative estimate of drug-likeness (QED) is 0.251. The smallest absolute Gasteiger partial charge is 0.144 e. The fraction of sp³-hybridized carbons (Fsp3) is 0.229. The molecule has 0 N–H and O–H groups in total. The molecule has 0 radical (unpaired) electrons. The Morgan fingerprint density at radius 2 is 1.51 bits per heavy atom. The Bertz CT molecular complexity index is 1800. The molecule has 1 fully saturated rings. The Morgan fingerprint density at radius 1 is 0.757 bits per heavy atom.